The topological polar surface area (TPSA) is 46.2 Å². The maximum absolute atomic E-state index is 12.6. The van der Waals surface area contributed by atoms with Crippen molar-refractivity contribution in [1.82, 2.24) is 4.72 Å². The first-order valence-electron chi connectivity index (χ1n) is 8.12. The molecule has 1 fully saturated rings. The number of rotatable bonds is 5. The van der Waals surface area contributed by atoms with Crippen LogP contribution in [0.15, 0.2) is 46.7 Å². The third-order valence-corrected chi connectivity index (χ3v) is 7.27. The molecule has 1 N–H and O–H groups in total. The molecule has 1 aromatic carbocycles. The Morgan fingerprint density at radius 3 is 2.57 bits per heavy atom. The quantitative estimate of drug-likeness (QED) is 0.878. The molecule has 0 saturated heterocycles. The molecular formula is C18H23NO2S2. The maximum atomic E-state index is 12.6. The van der Waals surface area contributed by atoms with Gasteiger partial charge in [-0.3, -0.25) is 0 Å². The Labute approximate surface area is 142 Å². The van der Waals surface area contributed by atoms with E-state index in [2.05, 4.69) is 22.2 Å². The van der Waals surface area contributed by atoms with Crippen molar-refractivity contribution >= 4 is 21.4 Å². The van der Waals surface area contributed by atoms with Crippen LogP contribution in [-0.4, -0.2) is 15.0 Å². The van der Waals surface area contributed by atoms with Crippen LogP contribution in [0.3, 0.4) is 0 Å². The van der Waals surface area contributed by atoms with Crippen LogP contribution in [0.4, 0.5) is 0 Å². The molecule has 0 aliphatic heterocycles. The molecule has 0 amide bonds. The van der Waals surface area contributed by atoms with E-state index in [1.54, 1.807) is 29.5 Å². The molecule has 0 radical (unpaired) electrons. The van der Waals surface area contributed by atoms with Crippen molar-refractivity contribution < 1.29 is 8.42 Å². The molecule has 1 aromatic heterocycles. The highest BCUT2D eigenvalue weighted by Gasteiger charge is 2.36. The Kier molecular flexibility index (Phi) is 4.90. The molecule has 1 aliphatic carbocycles. The van der Waals surface area contributed by atoms with E-state index < -0.39 is 10.0 Å². The van der Waals surface area contributed by atoms with Gasteiger partial charge in [-0.1, -0.05) is 37.5 Å². The highest BCUT2D eigenvalue weighted by molar-refractivity contribution is 7.89. The lowest BCUT2D eigenvalue weighted by molar-refractivity contribution is 0.298. The van der Waals surface area contributed by atoms with Gasteiger partial charge in [-0.05, 0) is 48.9 Å². The van der Waals surface area contributed by atoms with Crippen LogP contribution in [0.2, 0.25) is 0 Å². The van der Waals surface area contributed by atoms with E-state index >= 15 is 0 Å². The predicted molar refractivity (Wildman–Crippen MR) is 95.4 cm³/mol. The third kappa shape index (κ3) is 3.67. The van der Waals surface area contributed by atoms with Gasteiger partial charge in [-0.25, -0.2) is 13.1 Å². The summed E-state index contributed by atoms with van der Waals surface area (Å²) in [5.74, 6) is 0. The fourth-order valence-electron chi connectivity index (χ4n) is 3.42. The first-order valence-corrected chi connectivity index (χ1v) is 10.5. The zero-order valence-corrected chi connectivity index (χ0v) is 15.1. The molecule has 0 bridgehead atoms. The molecule has 0 spiro atoms. The van der Waals surface area contributed by atoms with Gasteiger partial charge in [0.25, 0.3) is 0 Å². The first-order chi connectivity index (χ1) is 11.0. The molecule has 1 saturated carbocycles. The second-order valence-corrected chi connectivity index (χ2v) is 9.17. The summed E-state index contributed by atoms with van der Waals surface area (Å²) in [6.45, 7) is 2.40. The fourth-order valence-corrected chi connectivity index (χ4v) is 5.64. The zero-order chi connectivity index (χ0) is 16.3. The maximum Gasteiger partial charge on any atom is 0.240 e. The number of benzene rings is 1. The van der Waals surface area contributed by atoms with Gasteiger partial charge in [0.05, 0.1) is 4.90 Å². The van der Waals surface area contributed by atoms with Gasteiger partial charge in [0.1, 0.15) is 0 Å². The van der Waals surface area contributed by atoms with Gasteiger partial charge in [0.15, 0.2) is 0 Å². The van der Waals surface area contributed by atoms with Crippen molar-refractivity contribution in [2.24, 2.45) is 0 Å². The summed E-state index contributed by atoms with van der Waals surface area (Å²) in [5.41, 5.74) is 0.919. The van der Waals surface area contributed by atoms with E-state index in [1.165, 1.54) is 24.1 Å². The van der Waals surface area contributed by atoms with Crippen molar-refractivity contribution in [2.75, 3.05) is 6.54 Å². The molecule has 5 heteroatoms. The smallest absolute Gasteiger partial charge is 0.210 e. The SMILES string of the molecule is Cc1cccc(S(=O)(=O)NCC2(c3cccs3)CCCCC2)c1. The number of aryl methyl sites for hydroxylation is 1. The average molecular weight is 350 g/mol. The number of sulfonamides is 1. The lowest BCUT2D eigenvalue weighted by atomic mass is 9.73. The zero-order valence-electron chi connectivity index (χ0n) is 13.4. The first kappa shape index (κ1) is 16.7. The highest BCUT2D eigenvalue weighted by Crippen LogP contribution is 2.41. The molecule has 124 valence electrons. The molecule has 23 heavy (non-hydrogen) atoms. The van der Waals surface area contributed by atoms with Crippen molar-refractivity contribution in [3.05, 3.63) is 52.2 Å². The molecule has 1 aliphatic rings. The second kappa shape index (κ2) is 6.75. The van der Waals surface area contributed by atoms with E-state index in [1.807, 2.05) is 13.0 Å². The summed E-state index contributed by atoms with van der Waals surface area (Å²) in [5, 5.41) is 2.08. The minimum atomic E-state index is -3.46. The van der Waals surface area contributed by atoms with Crippen molar-refractivity contribution in [2.45, 2.75) is 49.3 Å². The summed E-state index contributed by atoms with van der Waals surface area (Å²) in [6, 6.07) is 11.3. The van der Waals surface area contributed by atoms with Crippen molar-refractivity contribution in [3.63, 3.8) is 0 Å². The van der Waals surface area contributed by atoms with Crippen LogP contribution >= 0.6 is 11.3 Å². The Bertz CT molecular complexity index is 745. The summed E-state index contributed by atoms with van der Waals surface area (Å²) >= 11 is 1.74. The third-order valence-electron chi connectivity index (χ3n) is 4.75. The van der Waals surface area contributed by atoms with Gasteiger partial charge >= 0.3 is 0 Å². The Morgan fingerprint density at radius 1 is 1.13 bits per heavy atom. The van der Waals surface area contributed by atoms with Gasteiger partial charge in [0, 0.05) is 16.8 Å². The van der Waals surface area contributed by atoms with Gasteiger partial charge in [0.2, 0.25) is 10.0 Å². The van der Waals surface area contributed by atoms with E-state index in [4.69, 9.17) is 0 Å². The standard InChI is InChI=1S/C18H23NO2S2/c1-15-7-5-8-16(13-15)23(20,21)19-14-18(10-3-2-4-11-18)17-9-6-12-22-17/h5-9,12-13,19H,2-4,10-11,14H2,1H3. The summed E-state index contributed by atoms with van der Waals surface area (Å²) in [4.78, 5) is 1.67. The van der Waals surface area contributed by atoms with E-state index in [9.17, 15) is 8.42 Å². The van der Waals surface area contributed by atoms with Crippen LogP contribution in [0.25, 0.3) is 0 Å². The van der Waals surface area contributed by atoms with Crippen LogP contribution < -0.4 is 4.72 Å². The normalized spacial score (nSPS) is 18.0. The highest BCUT2D eigenvalue weighted by atomic mass is 32.2. The van der Waals surface area contributed by atoms with Crippen LogP contribution in [-0.2, 0) is 15.4 Å². The minimum Gasteiger partial charge on any atom is -0.210 e. The van der Waals surface area contributed by atoms with Crippen molar-refractivity contribution in [3.8, 4) is 0 Å². The average Bonchev–Trinajstić information content (AvgIpc) is 3.09. The number of hydrogen-bond acceptors (Lipinski definition) is 3. The number of thiophene rings is 1. The molecule has 1 heterocycles. The molecular weight excluding hydrogens is 326 g/mol. The fraction of sp³-hybridized carbons (Fsp3) is 0.444. The molecule has 0 atom stereocenters. The van der Waals surface area contributed by atoms with Crippen LogP contribution in [0, 0.1) is 6.92 Å². The summed E-state index contributed by atoms with van der Waals surface area (Å²) in [6.07, 6.45) is 5.71. The second-order valence-electron chi connectivity index (χ2n) is 6.46. The van der Waals surface area contributed by atoms with E-state index in [0.717, 1.165) is 18.4 Å². The van der Waals surface area contributed by atoms with Gasteiger partial charge in [-0.15, -0.1) is 11.3 Å². The minimum absolute atomic E-state index is 0.0384. The molecule has 0 unspecified atom stereocenters. The van der Waals surface area contributed by atoms with Crippen LogP contribution in [0.1, 0.15) is 42.5 Å². The summed E-state index contributed by atoms with van der Waals surface area (Å²) in [7, 11) is -3.46. The van der Waals surface area contributed by atoms with Crippen LogP contribution in [0.5, 0.6) is 0 Å². The van der Waals surface area contributed by atoms with E-state index in [0.29, 0.717) is 11.4 Å². The Hall–Kier alpha value is -1.17. The monoisotopic (exact) mass is 349 g/mol. The molecule has 3 nitrogen and oxygen atoms in total. The Morgan fingerprint density at radius 2 is 1.91 bits per heavy atom. The Balaban J connectivity index is 1.82. The number of hydrogen-bond donors (Lipinski definition) is 1. The van der Waals surface area contributed by atoms with E-state index in [-0.39, 0.29) is 5.41 Å². The summed E-state index contributed by atoms with van der Waals surface area (Å²) < 4.78 is 28.1. The van der Waals surface area contributed by atoms with Crippen molar-refractivity contribution in [1.29, 1.82) is 0 Å². The largest absolute Gasteiger partial charge is 0.240 e. The van der Waals surface area contributed by atoms with Gasteiger partial charge < -0.3 is 0 Å². The van der Waals surface area contributed by atoms with Gasteiger partial charge in [-0.2, -0.15) is 0 Å². The predicted octanol–water partition coefficient (Wildman–Crippen LogP) is 4.24. The number of nitrogens with one attached hydrogen (secondary N) is 1. The lowest BCUT2D eigenvalue weighted by Gasteiger charge is -2.36. The lowest BCUT2D eigenvalue weighted by Crippen LogP contribution is -2.41. The molecule has 3 rings (SSSR count). The molecule has 2 aromatic rings.